The Balaban J connectivity index is 2.69. The molecule has 0 saturated heterocycles. The molecule has 0 heterocycles. The van der Waals surface area contributed by atoms with Crippen molar-refractivity contribution in [2.24, 2.45) is 0 Å². The molecule has 1 atom stereocenters. The van der Waals surface area contributed by atoms with E-state index in [-0.39, 0.29) is 17.3 Å². The zero-order valence-electron chi connectivity index (χ0n) is 10.9. The van der Waals surface area contributed by atoms with Gasteiger partial charge in [0.15, 0.2) is 6.10 Å². The van der Waals surface area contributed by atoms with Gasteiger partial charge in [-0.2, -0.15) is 0 Å². The molecular weight excluding hydrogens is 301 g/mol. The quantitative estimate of drug-likeness (QED) is 0.929. The highest BCUT2D eigenvalue weighted by molar-refractivity contribution is 9.10. The van der Waals surface area contributed by atoms with Gasteiger partial charge in [-0.05, 0) is 61.8 Å². The molecular formula is C13H17BrFNO2. The van der Waals surface area contributed by atoms with Crippen molar-refractivity contribution in [2.75, 3.05) is 0 Å². The lowest BCUT2D eigenvalue weighted by molar-refractivity contribution is -0.128. The first kappa shape index (κ1) is 15.0. The number of hydrogen-bond donors (Lipinski definition) is 1. The minimum Gasteiger partial charge on any atom is -0.480 e. The molecule has 0 aliphatic rings. The van der Waals surface area contributed by atoms with Crippen LogP contribution >= 0.6 is 15.9 Å². The van der Waals surface area contributed by atoms with Crippen LogP contribution in [-0.4, -0.2) is 17.6 Å². The van der Waals surface area contributed by atoms with Crippen molar-refractivity contribution in [1.29, 1.82) is 0 Å². The Bertz CT molecular complexity index is 443. The second-order valence-electron chi connectivity index (χ2n) is 5.07. The summed E-state index contributed by atoms with van der Waals surface area (Å²) < 4.78 is 18.9. The predicted octanol–water partition coefficient (Wildman–Crippen LogP) is 3.27. The number of hydrogen-bond acceptors (Lipinski definition) is 2. The van der Waals surface area contributed by atoms with E-state index in [9.17, 15) is 9.18 Å². The second kappa shape index (κ2) is 5.69. The molecule has 0 radical (unpaired) electrons. The summed E-state index contributed by atoms with van der Waals surface area (Å²) in [4.78, 5) is 11.8. The topological polar surface area (TPSA) is 38.3 Å². The maximum Gasteiger partial charge on any atom is 0.261 e. The van der Waals surface area contributed by atoms with E-state index in [1.165, 1.54) is 18.2 Å². The van der Waals surface area contributed by atoms with Crippen molar-refractivity contribution in [3.63, 3.8) is 0 Å². The van der Waals surface area contributed by atoms with E-state index in [4.69, 9.17) is 4.74 Å². The number of nitrogens with one attached hydrogen (secondary N) is 1. The standard InChI is InChI=1S/C13H17BrFNO2/c1-8(12(17)16-13(2,3)4)18-11-6-5-9(15)7-10(11)14/h5-8H,1-4H3,(H,16,17). The summed E-state index contributed by atoms with van der Waals surface area (Å²) in [5, 5.41) is 2.82. The van der Waals surface area contributed by atoms with Gasteiger partial charge in [-0.3, -0.25) is 4.79 Å². The monoisotopic (exact) mass is 317 g/mol. The Hall–Kier alpha value is -1.10. The van der Waals surface area contributed by atoms with Gasteiger partial charge in [-0.15, -0.1) is 0 Å². The third-order valence-corrected chi connectivity index (χ3v) is 2.68. The van der Waals surface area contributed by atoms with Crippen LogP contribution in [0, 0.1) is 5.82 Å². The highest BCUT2D eigenvalue weighted by atomic mass is 79.9. The minimum atomic E-state index is -0.647. The maximum atomic E-state index is 12.9. The predicted molar refractivity (Wildman–Crippen MR) is 72.1 cm³/mol. The zero-order valence-corrected chi connectivity index (χ0v) is 12.5. The first-order valence-corrected chi connectivity index (χ1v) is 6.42. The summed E-state index contributed by atoms with van der Waals surface area (Å²) in [7, 11) is 0. The highest BCUT2D eigenvalue weighted by Gasteiger charge is 2.21. The summed E-state index contributed by atoms with van der Waals surface area (Å²) in [6, 6.07) is 4.07. The Morgan fingerprint density at radius 2 is 2.06 bits per heavy atom. The van der Waals surface area contributed by atoms with E-state index in [0.717, 1.165) is 0 Å². The van der Waals surface area contributed by atoms with Gasteiger partial charge < -0.3 is 10.1 Å². The average molecular weight is 318 g/mol. The molecule has 0 aliphatic heterocycles. The van der Waals surface area contributed by atoms with Crippen LogP contribution in [0.25, 0.3) is 0 Å². The average Bonchev–Trinajstić information content (AvgIpc) is 2.19. The van der Waals surface area contributed by atoms with Crippen molar-refractivity contribution in [1.82, 2.24) is 5.32 Å². The molecule has 0 bridgehead atoms. The number of benzene rings is 1. The molecule has 1 amide bonds. The van der Waals surface area contributed by atoms with Gasteiger partial charge in [-0.25, -0.2) is 4.39 Å². The van der Waals surface area contributed by atoms with E-state index in [1.54, 1.807) is 6.92 Å². The van der Waals surface area contributed by atoms with E-state index < -0.39 is 6.10 Å². The lowest BCUT2D eigenvalue weighted by atomic mass is 10.1. The molecule has 3 nitrogen and oxygen atoms in total. The molecule has 1 aromatic carbocycles. The normalized spacial score (nSPS) is 13.0. The van der Waals surface area contributed by atoms with E-state index in [2.05, 4.69) is 21.2 Å². The molecule has 0 aliphatic carbocycles. The summed E-state index contributed by atoms with van der Waals surface area (Å²) in [6.45, 7) is 7.33. The van der Waals surface area contributed by atoms with Crippen molar-refractivity contribution in [3.8, 4) is 5.75 Å². The van der Waals surface area contributed by atoms with Gasteiger partial charge in [0.1, 0.15) is 11.6 Å². The van der Waals surface area contributed by atoms with Crippen molar-refractivity contribution >= 4 is 21.8 Å². The summed E-state index contributed by atoms with van der Waals surface area (Å²) in [6.07, 6.45) is -0.647. The smallest absolute Gasteiger partial charge is 0.261 e. The fraction of sp³-hybridized carbons (Fsp3) is 0.462. The van der Waals surface area contributed by atoms with Crippen LogP contribution in [0.15, 0.2) is 22.7 Å². The third kappa shape index (κ3) is 4.64. The SMILES string of the molecule is CC(Oc1ccc(F)cc1Br)C(=O)NC(C)(C)C. The molecule has 0 spiro atoms. The lowest BCUT2D eigenvalue weighted by Crippen LogP contribution is -2.46. The van der Waals surface area contributed by atoms with E-state index in [0.29, 0.717) is 10.2 Å². The number of amides is 1. The Morgan fingerprint density at radius 3 is 2.56 bits per heavy atom. The molecule has 1 rings (SSSR count). The molecule has 1 aromatic rings. The van der Waals surface area contributed by atoms with Gasteiger partial charge in [0.2, 0.25) is 0 Å². The van der Waals surface area contributed by atoms with Crippen LogP contribution < -0.4 is 10.1 Å². The number of halogens is 2. The molecule has 18 heavy (non-hydrogen) atoms. The molecule has 0 fully saturated rings. The van der Waals surface area contributed by atoms with Crippen LogP contribution in [0.4, 0.5) is 4.39 Å². The first-order valence-electron chi connectivity index (χ1n) is 5.63. The van der Waals surface area contributed by atoms with Crippen LogP contribution in [0.2, 0.25) is 0 Å². The lowest BCUT2D eigenvalue weighted by Gasteiger charge is -2.23. The third-order valence-electron chi connectivity index (χ3n) is 2.07. The van der Waals surface area contributed by atoms with Crippen LogP contribution in [-0.2, 0) is 4.79 Å². The molecule has 1 unspecified atom stereocenters. The summed E-state index contributed by atoms with van der Waals surface area (Å²) >= 11 is 3.19. The Morgan fingerprint density at radius 1 is 1.44 bits per heavy atom. The molecule has 0 saturated carbocycles. The molecule has 5 heteroatoms. The van der Waals surface area contributed by atoms with E-state index >= 15 is 0 Å². The number of ether oxygens (including phenoxy) is 1. The number of rotatable bonds is 3. The van der Waals surface area contributed by atoms with Crippen LogP contribution in [0.3, 0.4) is 0 Å². The summed E-state index contributed by atoms with van der Waals surface area (Å²) in [5.41, 5.74) is -0.311. The van der Waals surface area contributed by atoms with Gasteiger partial charge in [0.25, 0.3) is 5.91 Å². The van der Waals surface area contributed by atoms with Crippen molar-refractivity contribution in [2.45, 2.75) is 39.3 Å². The van der Waals surface area contributed by atoms with Crippen LogP contribution in [0.5, 0.6) is 5.75 Å². The first-order chi connectivity index (χ1) is 8.19. The number of carbonyl (C=O) groups is 1. The van der Waals surface area contributed by atoms with Crippen molar-refractivity contribution < 1.29 is 13.9 Å². The van der Waals surface area contributed by atoms with Gasteiger partial charge in [-0.1, -0.05) is 0 Å². The molecule has 100 valence electrons. The second-order valence-corrected chi connectivity index (χ2v) is 5.93. The minimum absolute atomic E-state index is 0.210. The fourth-order valence-electron chi connectivity index (χ4n) is 1.29. The van der Waals surface area contributed by atoms with Gasteiger partial charge in [0, 0.05) is 5.54 Å². The van der Waals surface area contributed by atoms with Crippen LogP contribution in [0.1, 0.15) is 27.7 Å². The largest absolute Gasteiger partial charge is 0.480 e. The Kier molecular flexibility index (Phi) is 4.73. The highest BCUT2D eigenvalue weighted by Crippen LogP contribution is 2.26. The van der Waals surface area contributed by atoms with Gasteiger partial charge >= 0.3 is 0 Å². The fourth-order valence-corrected chi connectivity index (χ4v) is 1.73. The Labute approximate surface area is 115 Å². The zero-order chi connectivity index (χ0) is 13.9. The summed E-state index contributed by atoms with van der Waals surface area (Å²) in [5.74, 6) is -0.132. The molecule has 0 aromatic heterocycles. The van der Waals surface area contributed by atoms with E-state index in [1.807, 2.05) is 20.8 Å². The maximum absolute atomic E-state index is 12.9. The van der Waals surface area contributed by atoms with Gasteiger partial charge in [0.05, 0.1) is 4.47 Å². The number of carbonyl (C=O) groups excluding carboxylic acids is 1. The molecule has 1 N–H and O–H groups in total. The van der Waals surface area contributed by atoms with Crippen molar-refractivity contribution in [3.05, 3.63) is 28.5 Å².